The molecule has 6 nitrogen and oxygen atoms in total. The van der Waals surface area contributed by atoms with Crippen LogP contribution < -0.4 is 5.32 Å². The standard InChI is InChI=1S/C22H22N4O2/c1-6-16-8-10-23-18(12-16)20(27)25-14-22(3,4)15-26(5)21(28)19-13-17(7-2)9-11-24-19/h1-2,8-13H,14-15H2,3-5H3,(H,25,27). The molecule has 0 radical (unpaired) electrons. The molecule has 2 rings (SSSR count). The first-order valence-corrected chi connectivity index (χ1v) is 8.65. The highest BCUT2D eigenvalue weighted by Gasteiger charge is 2.25. The Balaban J connectivity index is 1.98. The summed E-state index contributed by atoms with van der Waals surface area (Å²) in [4.78, 5) is 34.6. The second-order valence-electron chi connectivity index (χ2n) is 7.16. The van der Waals surface area contributed by atoms with Crippen molar-refractivity contribution in [2.24, 2.45) is 5.41 Å². The smallest absolute Gasteiger partial charge is 0.272 e. The average Bonchev–Trinajstić information content (AvgIpc) is 2.71. The van der Waals surface area contributed by atoms with E-state index in [1.54, 1.807) is 36.2 Å². The molecule has 142 valence electrons. The third-order valence-electron chi connectivity index (χ3n) is 4.04. The Morgan fingerprint density at radius 2 is 1.61 bits per heavy atom. The minimum absolute atomic E-state index is 0.236. The van der Waals surface area contributed by atoms with E-state index in [0.717, 1.165) is 0 Å². The lowest BCUT2D eigenvalue weighted by Gasteiger charge is -2.30. The van der Waals surface area contributed by atoms with Gasteiger partial charge in [0.1, 0.15) is 11.4 Å². The number of terminal acetylenes is 2. The highest BCUT2D eigenvalue weighted by atomic mass is 16.2. The molecular weight excluding hydrogens is 352 g/mol. The number of pyridine rings is 2. The van der Waals surface area contributed by atoms with Crippen molar-refractivity contribution < 1.29 is 9.59 Å². The lowest BCUT2D eigenvalue weighted by atomic mass is 9.92. The van der Waals surface area contributed by atoms with Gasteiger partial charge in [-0.05, 0) is 29.7 Å². The number of hydrogen-bond acceptors (Lipinski definition) is 4. The molecule has 0 aliphatic heterocycles. The van der Waals surface area contributed by atoms with Gasteiger partial charge >= 0.3 is 0 Å². The van der Waals surface area contributed by atoms with Gasteiger partial charge in [-0.3, -0.25) is 19.6 Å². The number of hydrogen-bond donors (Lipinski definition) is 1. The van der Waals surface area contributed by atoms with Crippen LogP contribution >= 0.6 is 0 Å². The first-order chi connectivity index (χ1) is 13.3. The van der Waals surface area contributed by atoms with E-state index in [1.165, 1.54) is 12.4 Å². The van der Waals surface area contributed by atoms with Gasteiger partial charge in [0.2, 0.25) is 0 Å². The molecule has 0 fully saturated rings. The maximum Gasteiger partial charge on any atom is 0.272 e. The fourth-order valence-corrected chi connectivity index (χ4v) is 2.66. The second kappa shape index (κ2) is 8.83. The Morgan fingerprint density at radius 3 is 2.18 bits per heavy atom. The summed E-state index contributed by atoms with van der Waals surface area (Å²) in [6.45, 7) is 4.66. The Bertz CT molecular complexity index is 967. The summed E-state index contributed by atoms with van der Waals surface area (Å²) >= 11 is 0. The van der Waals surface area contributed by atoms with Crippen LogP contribution in [0, 0.1) is 30.1 Å². The fourth-order valence-electron chi connectivity index (χ4n) is 2.66. The molecule has 6 heteroatoms. The van der Waals surface area contributed by atoms with Crippen LogP contribution in [0.3, 0.4) is 0 Å². The van der Waals surface area contributed by atoms with Gasteiger partial charge in [0.15, 0.2) is 0 Å². The average molecular weight is 374 g/mol. The predicted molar refractivity (Wildman–Crippen MR) is 107 cm³/mol. The summed E-state index contributed by atoms with van der Waals surface area (Å²) in [6.07, 6.45) is 13.7. The van der Waals surface area contributed by atoms with Crippen molar-refractivity contribution >= 4 is 11.8 Å². The predicted octanol–water partition coefficient (Wildman–Crippen LogP) is 1.97. The largest absolute Gasteiger partial charge is 0.350 e. The molecule has 0 saturated heterocycles. The molecule has 0 spiro atoms. The highest BCUT2D eigenvalue weighted by molar-refractivity contribution is 5.93. The third-order valence-corrected chi connectivity index (χ3v) is 4.04. The van der Waals surface area contributed by atoms with Crippen molar-refractivity contribution in [3.05, 3.63) is 59.2 Å². The Morgan fingerprint density at radius 1 is 1.07 bits per heavy atom. The molecular formula is C22H22N4O2. The highest BCUT2D eigenvalue weighted by Crippen LogP contribution is 2.17. The number of nitrogens with zero attached hydrogens (tertiary/aromatic N) is 3. The molecule has 2 amide bonds. The van der Waals surface area contributed by atoms with Crippen LogP contribution in [0.1, 0.15) is 46.0 Å². The van der Waals surface area contributed by atoms with E-state index in [9.17, 15) is 9.59 Å². The van der Waals surface area contributed by atoms with E-state index >= 15 is 0 Å². The number of carbonyl (C=O) groups is 2. The SMILES string of the molecule is C#Cc1ccnc(C(=O)NCC(C)(C)CN(C)C(=O)c2cc(C#C)ccn2)c1. The monoisotopic (exact) mass is 374 g/mol. The first-order valence-electron chi connectivity index (χ1n) is 8.65. The van der Waals surface area contributed by atoms with E-state index in [-0.39, 0.29) is 28.6 Å². The maximum atomic E-state index is 12.6. The van der Waals surface area contributed by atoms with E-state index in [4.69, 9.17) is 12.8 Å². The van der Waals surface area contributed by atoms with Crippen LogP contribution in [0.4, 0.5) is 0 Å². The van der Waals surface area contributed by atoms with Crippen molar-refractivity contribution in [2.45, 2.75) is 13.8 Å². The Labute approximate surface area is 165 Å². The van der Waals surface area contributed by atoms with E-state index < -0.39 is 0 Å². The lowest BCUT2D eigenvalue weighted by Crippen LogP contribution is -2.43. The van der Waals surface area contributed by atoms with Crippen LogP contribution in [0.5, 0.6) is 0 Å². The molecule has 0 unspecified atom stereocenters. The summed E-state index contributed by atoms with van der Waals surface area (Å²) in [5.74, 6) is 4.41. The van der Waals surface area contributed by atoms with Crippen LogP contribution in [0.25, 0.3) is 0 Å². The van der Waals surface area contributed by atoms with Crippen molar-refractivity contribution in [3.63, 3.8) is 0 Å². The normalized spacial score (nSPS) is 10.5. The lowest BCUT2D eigenvalue weighted by molar-refractivity contribution is 0.0724. The summed E-state index contributed by atoms with van der Waals surface area (Å²) in [6, 6.07) is 6.46. The molecule has 1 N–H and O–H groups in total. The molecule has 0 bridgehead atoms. The van der Waals surface area contributed by atoms with Crippen molar-refractivity contribution in [1.29, 1.82) is 0 Å². The molecule has 0 saturated carbocycles. The summed E-state index contributed by atoms with van der Waals surface area (Å²) < 4.78 is 0. The second-order valence-corrected chi connectivity index (χ2v) is 7.16. The van der Waals surface area contributed by atoms with Gasteiger partial charge in [0.05, 0.1) is 0 Å². The number of amides is 2. The molecule has 0 aliphatic rings. The summed E-state index contributed by atoms with van der Waals surface area (Å²) in [7, 11) is 1.69. The van der Waals surface area contributed by atoms with Gasteiger partial charge < -0.3 is 10.2 Å². The third kappa shape index (κ3) is 5.43. The molecule has 0 aromatic carbocycles. The van der Waals surface area contributed by atoms with Crippen molar-refractivity contribution in [1.82, 2.24) is 20.2 Å². The van der Waals surface area contributed by atoms with E-state index in [1.807, 2.05) is 13.8 Å². The zero-order chi connectivity index (χ0) is 20.7. The molecule has 2 aromatic heterocycles. The molecule has 0 atom stereocenters. The quantitative estimate of drug-likeness (QED) is 0.785. The number of nitrogens with one attached hydrogen (secondary N) is 1. The van der Waals surface area contributed by atoms with Crippen molar-refractivity contribution in [3.8, 4) is 24.7 Å². The Hall–Kier alpha value is -3.64. The molecule has 2 heterocycles. The number of rotatable bonds is 6. The van der Waals surface area contributed by atoms with E-state index in [2.05, 4.69) is 27.1 Å². The van der Waals surface area contributed by atoms with Gasteiger partial charge in [-0.15, -0.1) is 12.8 Å². The van der Waals surface area contributed by atoms with Gasteiger partial charge in [-0.2, -0.15) is 0 Å². The van der Waals surface area contributed by atoms with Crippen LogP contribution in [0.15, 0.2) is 36.7 Å². The van der Waals surface area contributed by atoms with Crippen LogP contribution in [-0.4, -0.2) is 46.8 Å². The van der Waals surface area contributed by atoms with Gasteiger partial charge in [-0.1, -0.05) is 25.7 Å². The van der Waals surface area contributed by atoms with Gasteiger partial charge in [0, 0.05) is 43.7 Å². The van der Waals surface area contributed by atoms with Gasteiger partial charge in [0.25, 0.3) is 11.8 Å². The first kappa shape index (κ1) is 20.7. The van der Waals surface area contributed by atoms with Crippen molar-refractivity contribution in [2.75, 3.05) is 20.1 Å². The zero-order valence-electron chi connectivity index (χ0n) is 16.2. The summed E-state index contributed by atoms with van der Waals surface area (Å²) in [5, 5.41) is 2.84. The summed E-state index contributed by atoms with van der Waals surface area (Å²) in [5.41, 5.74) is 1.35. The maximum absolute atomic E-state index is 12.6. The van der Waals surface area contributed by atoms with Crippen LogP contribution in [-0.2, 0) is 0 Å². The minimum Gasteiger partial charge on any atom is -0.350 e. The minimum atomic E-state index is -0.381. The number of carbonyl (C=O) groups excluding carboxylic acids is 2. The zero-order valence-corrected chi connectivity index (χ0v) is 16.2. The van der Waals surface area contributed by atoms with Gasteiger partial charge in [-0.25, -0.2) is 0 Å². The van der Waals surface area contributed by atoms with E-state index in [0.29, 0.717) is 24.2 Å². The van der Waals surface area contributed by atoms with Crippen LogP contribution in [0.2, 0.25) is 0 Å². The Kier molecular flexibility index (Phi) is 6.52. The number of aromatic nitrogens is 2. The fraction of sp³-hybridized carbons (Fsp3) is 0.273. The molecule has 0 aliphatic carbocycles. The molecule has 28 heavy (non-hydrogen) atoms. The topological polar surface area (TPSA) is 75.2 Å². The molecule has 2 aromatic rings.